The average molecular weight is 390 g/mol. The normalized spacial score (nSPS) is 17.3. The number of ether oxygens (including phenoxy) is 3. The predicted octanol–water partition coefficient (Wildman–Crippen LogP) is 2.60. The van der Waals surface area contributed by atoms with Crippen LogP contribution in [0.5, 0.6) is 11.5 Å². The van der Waals surface area contributed by atoms with Gasteiger partial charge in [0.25, 0.3) is 0 Å². The van der Waals surface area contributed by atoms with E-state index in [1.54, 1.807) is 0 Å². The first-order chi connectivity index (χ1) is 12.2. The second-order valence-corrected chi connectivity index (χ2v) is 5.56. The molecule has 142 valence electrons. The van der Waals surface area contributed by atoms with Crippen LogP contribution in [0.2, 0.25) is 0 Å². The van der Waals surface area contributed by atoms with Gasteiger partial charge in [-0.3, -0.25) is 0 Å². The Kier molecular flexibility index (Phi) is 5.96. The zero-order chi connectivity index (χ0) is 19.5. The number of carbonyl (C=O) groups is 1. The van der Waals surface area contributed by atoms with Crippen molar-refractivity contribution < 1.29 is 32.2 Å². The summed E-state index contributed by atoms with van der Waals surface area (Å²) in [4.78, 5) is 12.3. The van der Waals surface area contributed by atoms with Crippen molar-refractivity contribution >= 4 is 23.3 Å². The number of carbonyl (C=O) groups excluding carboxylic acids is 1. The minimum absolute atomic E-state index is 0.0728. The first kappa shape index (κ1) is 19.8. The number of halogens is 3. The molecule has 26 heavy (non-hydrogen) atoms. The number of benzene rings is 1. The molecule has 0 aliphatic carbocycles. The van der Waals surface area contributed by atoms with Crippen molar-refractivity contribution in [2.75, 3.05) is 20.8 Å². The highest BCUT2D eigenvalue weighted by molar-refractivity contribution is 7.80. The van der Waals surface area contributed by atoms with Gasteiger partial charge in [0.2, 0.25) is 0 Å². The molecule has 0 saturated heterocycles. The number of hydrogen-bond donors (Lipinski definition) is 2. The van der Waals surface area contributed by atoms with Crippen molar-refractivity contribution in [2.24, 2.45) is 0 Å². The number of esters is 1. The summed E-state index contributed by atoms with van der Waals surface area (Å²) in [5, 5.41) is 4.43. The zero-order valence-electron chi connectivity index (χ0n) is 14.2. The van der Waals surface area contributed by atoms with Crippen molar-refractivity contribution in [2.45, 2.75) is 19.1 Å². The van der Waals surface area contributed by atoms with Crippen LogP contribution in [-0.4, -0.2) is 38.1 Å². The van der Waals surface area contributed by atoms with Crippen molar-refractivity contribution in [1.82, 2.24) is 10.6 Å². The fourth-order valence-electron chi connectivity index (χ4n) is 2.50. The second kappa shape index (κ2) is 7.81. The Bertz CT molecular complexity index is 750. The lowest BCUT2D eigenvalue weighted by molar-refractivity contribution is -0.140. The molecule has 0 spiro atoms. The molecule has 1 aromatic carbocycles. The van der Waals surface area contributed by atoms with E-state index in [-0.39, 0.29) is 11.7 Å². The lowest BCUT2D eigenvalue weighted by Crippen LogP contribution is -2.49. The van der Waals surface area contributed by atoms with Crippen LogP contribution in [0.25, 0.3) is 0 Å². The fraction of sp³-hybridized carbons (Fsp3) is 0.375. The van der Waals surface area contributed by atoms with E-state index in [9.17, 15) is 18.0 Å². The van der Waals surface area contributed by atoms with Crippen LogP contribution in [0.3, 0.4) is 0 Å². The van der Waals surface area contributed by atoms with Gasteiger partial charge in [0.15, 0.2) is 16.6 Å². The number of nitrogens with one attached hydrogen (secondary N) is 2. The van der Waals surface area contributed by atoms with Gasteiger partial charge >= 0.3 is 12.1 Å². The van der Waals surface area contributed by atoms with Crippen LogP contribution in [-0.2, 0) is 9.53 Å². The lowest BCUT2D eigenvalue weighted by atomic mass is 9.94. The molecule has 0 saturated carbocycles. The van der Waals surface area contributed by atoms with Gasteiger partial charge in [0.05, 0.1) is 32.4 Å². The van der Waals surface area contributed by atoms with Gasteiger partial charge in [-0.05, 0) is 36.8 Å². The number of methoxy groups -OCH3 is 2. The molecule has 1 aromatic rings. The highest BCUT2D eigenvalue weighted by Crippen LogP contribution is 2.38. The Morgan fingerprint density at radius 2 is 1.88 bits per heavy atom. The molecule has 1 atom stereocenters. The van der Waals surface area contributed by atoms with Crippen LogP contribution < -0.4 is 20.1 Å². The van der Waals surface area contributed by atoms with Crippen molar-refractivity contribution in [3.05, 3.63) is 35.0 Å². The van der Waals surface area contributed by atoms with Crippen LogP contribution in [0, 0.1) is 0 Å². The van der Waals surface area contributed by atoms with Gasteiger partial charge in [-0.2, -0.15) is 13.2 Å². The molecule has 1 unspecified atom stereocenters. The molecule has 1 aliphatic heterocycles. The fourth-order valence-corrected chi connectivity index (χ4v) is 2.72. The molecule has 1 heterocycles. The Balaban J connectivity index is 2.63. The van der Waals surface area contributed by atoms with Crippen molar-refractivity contribution in [3.63, 3.8) is 0 Å². The molecule has 0 radical (unpaired) electrons. The first-order valence-corrected chi connectivity index (χ1v) is 7.91. The van der Waals surface area contributed by atoms with Gasteiger partial charge < -0.3 is 24.8 Å². The molecule has 10 heteroatoms. The first-order valence-electron chi connectivity index (χ1n) is 7.50. The number of thiocarbonyl (C=S) groups is 1. The van der Waals surface area contributed by atoms with E-state index in [0.29, 0.717) is 17.1 Å². The summed E-state index contributed by atoms with van der Waals surface area (Å²) >= 11 is 4.88. The standard InChI is InChI=1S/C16H17F3N2O4S/c1-4-25-14(22)11-12(20-15(26)21-13(11)16(17,18)19)8-5-6-9(23-2)10(7-8)24-3/h5-7,12H,4H2,1-3H3,(H2,20,21,26). The third kappa shape index (κ3) is 4.01. The van der Waals surface area contributed by atoms with E-state index in [4.69, 9.17) is 26.4 Å². The van der Waals surface area contributed by atoms with Gasteiger partial charge in [-0.15, -0.1) is 0 Å². The summed E-state index contributed by atoms with van der Waals surface area (Å²) in [6.07, 6.45) is -4.82. The SMILES string of the molecule is CCOC(=O)C1=C(C(F)(F)F)NC(=S)NC1c1ccc(OC)c(OC)c1. The Labute approximate surface area is 153 Å². The summed E-state index contributed by atoms with van der Waals surface area (Å²) in [5.41, 5.74) is -1.53. The van der Waals surface area contributed by atoms with E-state index in [1.165, 1.54) is 39.3 Å². The number of hydrogen-bond acceptors (Lipinski definition) is 5. The van der Waals surface area contributed by atoms with Gasteiger partial charge in [0, 0.05) is 0 Å². The topological polar surface area (TPSA) is 68.8 Å². The molecule has 0 amide bonds. The van der Waals surface area contributed by atoms with Crippen molar-refractivity contribution in [1.29, 1.82) is 0 Å². The molecule has 6 nitrogen and oxygen atoms in total. The van der Waals surface area contributed by atoms with Crippen LogP contribution in [0.4, 0.5) is 13.2 Å². The summed E-state index contributed by atoms with van der Waals surface area (Å²) in [5.74, 6) is -0.402. The summed E-state index contributed by atoms with van der Waals surface area (Å²) in [6.45, 7) is 1.43. The average Bonchev–Trinajstić information content (AvgIpc) is 2.59. The predicted molar refractivity (Wildman–Crippen MR) is 90.9 cm³/mol. The lowest BCUT2D eigenvalue weighted by Gasteiger charge is -2.31. The monoisotopic (exact) mass is 390 g/mol. The summed E-state index contributed by atoms with van der Waals surface area (Å²) in [7, 11) is 2.83. The molecule has 2 N–H and O–H groups in total. The van der Waals surface area contributed by atoms with E-state index < -0.39 is 29.5 Å². The Morgan fingerprint density at radius 1 is 1.23 bits per heavy atom. The van der Waals surface area contributed by atoms with E-state index >= 15 is 0 Å². The maximum absolute atomic E-state index is 13.5. The van der Waals surface area contributed by atoms with Gasteiger partial charge in [-0.25, -0.2) is 4.79 Å². The van der Waals surface area contributed by atoms with Crippen molar-refractivity contribution in [3.8, 4) is 11.5 Å². The zero-order valence-corrected chi connectivity index (χ0v) is 15.0. The third-order valence-corrected chi connectivity index (χ3v) is 3.81. The van der Waals surface area contributed by atoms with E-state index in [0.717, 1.165) is 0 Å². The minimum Gasteiger partial charge on any atom is -0.493 e. The maximum Gasteiger partial charge on any atom is 0.431 e. The van der Waals surface area contributed by atoms with Crippen LogP contribution >= 0.6 is 12.2 Å². The third-order valence-electron chi connectivity index (χ3n) is 3.59. The van der Waals surface area contributed by atoms with Crippen LogP contribution in [0.1, 0.15) is 18.5 Å². The second-order valence-electron chi connectivity index (χ2n) is 5.15. The summed E-state index contributed by atoms with van der Waals surface area (Å²) < 4.78 is 55.5. The molecule has 0 aromatic heterocycles. The highest BCUT2D eigenvalue weighted by atomic mass is 32.1. The molecular formula is C16H17F3N2O4S. The molecule has 0 fully saturated rings. The molecule has 0 bridgehead atoms. The number of alkyl halides is 3. The van der Waals surface area contributed by atoms with E-state index in [1.807, 2.05) is 5.32 Å². The molecule has 2 rings (SSSR count). The van der Waals surface area contributed by atoms with Gasteiger partial charge in [0.1, 0.15) is 5.70 Å². The molecular weight excluding hydrogens is 373 g/mol. The Hall–Kier alpha value is -2.49. The Morgan fingerprint density at radius 3 is 2.42 bits per heavy atom. The molecule has 1 aliphatic rings. The summed E-state index contributed by atoms with van der Waals surface area (Å²) in [6, 6.07) is 3.34. The number of allylic oxidation sites excluding steroid dienone is 1. The van der Waals surface area contributed by atoms with Gasteiger partial charge in [-0.1, -0.05) is 6.07 Å². The number of rotatable bonds is 5. The minimum atomic E-state index is -4.82. The quantitative estimate of drug-likeness (QED) is 0.592. The maximum atomic E-state index is 13.5. The largest absolute Gasteiger partial charge is 0.493 e. The van der Waals surface area contributed by atoms with Crippen LogP contribution in [0.15, 0.2) is 29.5 Å². The highest BCUT2D eigenvalue weighted by Gasteiger charge is 2.45. The van der Waals surface area contributed by atoms with E-state index in [2.05, 4.69) is 5.32 Å². The smallest absolute Gasteiger partial charge is 0.431 e.